The minimum atomic E-state index is 0.0175. The highest BCUT2D eigenvalue weighted by molar-refractivity contribution is 6.35. The lowest BCUT2D eigenvalue weighted by Crippen LogP contribution is -1.93. The lowest BCUT2D eigenvalue weighted by atomic mass is 10.1. The van der Waals surface area contributed by atoms with Gasteiger partial charge in [0.25, 0.3) is 0 Å². The van der Waals surface area contributed by atoms with Crippen molar-refractivity contribution < 1.29 is 4.79 Å². The number of hydrogen-bond donors (Lipinski definition) is 0. The van der Waals surface area contributed by atoms with Crippen molar-refractivity contribution in [2.45, 2.75) is 20.3 Å². The van der Waals surface area contributed by atoms with Crippen LogP contribution in [0.15, 0.2) is 18.2 Å². The Kier molecular flexibility index (Phi) is 2.76. The summed E-state index contributed by atoms with van der Waals surface area (Å²) < 4.78 is 1.90. The third kappa shape index (κ3) is 1.45. The molecule has 2 aromatic rings. The molecule has 0 atom stereocenters. The average Bonchev–Trinajstić information content (AvgIpc) is 2.51. The molecule has 84 valence electrons. The molecule has 0 radical (unpaired) electrons. The normalized spacial score (nSPS) is 11.0. The number of carbonyl (C=O) groups is 1. The van der Waals surface area contributed by atoms with E-state index in [0.717, 1.165) is 17.3 Å². The highest BCUT2D eigenvalue weighted by atomic mass is 35.5. The summed E-state index contributed by atoms with van der Waals surface area (Å²) >= 11 is 6.20. The first kappa shape index (κ1) is 11.2. The number of rotatable bonds is 2. The van der Waals surface area contributed by atoms with Gasteiger partial charge in [-0.05, 0) is 18.9 Å². The molecule has 0 aliphatic rings. The fraction of sp³-hybridized carbons (Fsp3) is 0.308. The predicted octanol–water partition coefficient (Wildman–Crippen LogP) is 3.60. The molecule has 16 heavy (non-hydrogen) atoms. The topological polar surface area (TPSA) is 22.0 Å². The predicted molar refractivity (Wildman–Crippen MR) is 67.3 cm³/mol. The molecule has 1 aromatic heterocycles. The number of carbonyl (C=O) groups excluding carboxylic acids is 1. The van der Waals surface area contributed by atoms with Gasteiger partial charge >= 0.3 is 0 Å². The lowest BCUT2D eigenvalue weighted by molar-refractivity contribution is 0.101. The summed E-state index contributed by atoms with van der Waals surface area (Å²) in [6.07, 6.45) is 0.933. The summed E-state index contributed by atoms with van der Waals surface area (Å²) in [5.74, 6) is 0.0175. The largest absolute Gasteiger partial charge is 0.334 e. The summed E-state index contributed by atoms with van der Waals surface area (Å²) in [6.45, 7) is 3.66. The van der Waals surface area contributed by atoms with E-state index in [4.69, 9.17) is 11.6 Å². The molecular weight excluding hydrogens is 222 g/mol. The Balaban J connectivity index is 2.95. The Morgan fingerprint density at radius 1 is 1.44 bits per heavy atom. The molecule has 0 spiro atoms. The maximum Gasteiger partial charge on any atom is 0.163 e. The third-order valence-corrected chi connectivity index (χ3v) is 3.40. The molecule has 1 aromatic carbocycles. The Morgan fingerprint density at radius 3 is 2.69 bits per heavy atom. The van der Waals surface area contributed by atoms with E-state index < -0.39 is 0 Å². The van der Waals surface area contributed by atoms with Gasteiger partial charge in [-0.25, -0.2) is 0 Å². The van der Waals surface area contributed by atoms with E-state index in [2.05, 4.69) is 13.0 Å². The van der Waals surface area contributed by atoms with Crippen molar-refractivity contribution in [1.82, 2.24) is 4.57 Å². The second-order valence-corrected chi connectivity index (χ2v) is 4.31. The molecule has 0 N–H and O–H groups in total. The number of halogens is 1. The zero-order valence-electron chi connectivity index (χ0n) is 9.67. The fourth-order valence-electron chi connectivity index (χ4n) is 2.19. The maximum absolute atomic E-state index is 11.6. The van der Waals surface area contributed by atoms with Crippen LogP contribution in [0.25, 0.3) is 10.9 Å². The monoisotopic (exact) mass is 235 g/mol. The van der Waals surface area contributed by atoms with E-state index in [1.165, 1.54) is 5.56 Å². The molecule has 0 unspecified atom stereocenters. The summed E-state index contributed by atoms with van der Waals surface area (Å²) in [5.41, 5.74) is 2.92. The third-order valence-electron chi connectivity index (χ3n) is 2.96. The van der Waals surface area contributed by atoms with Crippen molar-refractivity contribution in [3.8, 4) is 0 Å². The SMILES string of the molecule is CCc1cccc2c(C(C)=O)c(Cl)n(C)c12. The standard InChI is InChI=1S/C13H14ClNO/c1-4-9-6-5-7-10-11(8(2)16)13(14)15(3)12(9)10/h5-7H,4H2,1-3H3. The summed E-state index contributed by atoms with van der Waals surface area (Å²) in [5, 5.41) is 1.49. The van der Waals surface area contributed by atoms with Crippen LogP contribution in [-0.2, 0) is 13.5 Å². The van der Waals surface area contributed by atoms with E-state index in [0.29, 0.717) is 10.7 Å². The van der Waals surface area contributed by atoms with Gasteiger partial charge < -0.3 is 4.57 Å². The number of nitrogens with zero attached hydrogens (tertiary/aromatic N) is 1. The smallest absolute Gasteiger partial charge is 0.163 e. The van der Waals surface area contributed by atoms with Gasteiger partial charge in [0.05, 0.1) is 11.1 Å². The highest BCUT2D eigenvalue weighted by Crippen LogP contribution is 2.31. The number of hydrogen-bond acceptors (Lipinski definition) is 1. The molecule has 0 bridgehead atoms. The minimum absolute atomic E-state index is 0.0175. The van der Waals surface area contributed by atoms with Crippen LogP contribution >= 0.6 is 11.6 Å². The van der Waals surface area contributed by atoms with Gasteiger partial charge in [0.2, 0.25) is 0 Å². The number of para-hydroxylation sites is 1. The van der Waals surface area contributed by atoms with E-state index in [-0.39, 0.29) is 5.78 Å². The fourth-order valence-corrected chi connectivity index (χ4v) is 2.51. The first-order valence-corrected chi connectivity index (χ1v) is 5.72. The van der Waals surface area contributed by atoms with Crippen molar-refractivity contribution in [1.29, 1.82) is 0 Å². The van der Waals surface area contributed by atoms with Crippen LogP contribution in [0.2, 0.25) is 5.15 Å². The number of aromatic nitrogens is 1. The van der Waals surface area contributed by atoms with Gasteiger partial charge in [0, 0.05) is 12.4 Å². The number of fused-ring (bicyclic) bond motifs is 1. The lowest BCUT2D eigenvalue weighted by Gasteiger charge is -2.03. The molecule has 1 heterocycles. The molecule has 0 saturated carbocycles. The Morgan fingerprint density at radius 2 is 2.12 bits per heavy atom. The number of aryl methyl sites for hydroxylation is 2. The number of benzene rings is 1. The van der Waals surface area contributed by atoms with Crippen molar-refractivity contribution in [3.63, 3.8) is 0 Å². The van der Waals surface area contributed by atoms with Crippen LogP contribution in [0.1, 0.15) is 29.8 Å². The molecule has 2 rings (SSSR count). The molecule has 0 amide bonds. The zero-order valence-corrected chi connectivity index (χ0v) is 10.4. The van der Waals surface area contributed by atoms with Crippen LogP contribution < -0.4 is 0 Å². The molecule has 0 aliphatic carbocycles. The van der Waals surface area contributed by atoms with Crippen LogP contribution in [-0.4, -0.2) is 10.4 Å². The van der Waals surface area contributed by atoms with Gasteiger partial charge in [0.1, 0.15) is 5.15 Å². The maximum atomic E-state index is 11.6. The van der Waals surface area contributed by atoms with E-state index in [1.807, 2.05) is 23.7 Å². The average molecular weight is 236 g/mol. The zero-order chi connectivity index (χ0) is 11.9. The van der Waals surface area contributed by atoms with Crippen LogP contribution in [0.4, 0.5) is 0 Å². The molecule has 3 heteroatoms. The van der Waals surface area contributed by atoms with Gasteiger partial charge in [0.15, 0.2) is 5.78 Å². The quantitative estimate of drug-likeness (QED) is 0.729. The van der Waals surface area contributed by atoms with Crippen molar-refractivity contribution in [3.05, 3.63) is 34.5 Å². The first-order valence-electron chi connectivity index (χ1n) is 5.34. The Labute approximate surface area is 99.8 Å². The molecular formula is C13H14ClNO. The number of ketones is 1. The van der Waals surface area contributed by atoms with Gasteiger partial charge in [-0.15, -0.1) is 0 Å². The van der Waals surface area contributed by atoms with E-state index >= 15 is 0 Å². The minimum Gasteiger partial charge on any atom is -0.334 e. The molecule has 0 aliphatic heterocycles. The van der Waals surface area contributed by atoms with Crippen LogP contribution in [0, 0.1) is 0 Å². The second-order valence-electron chi connectivity index (χ2n) is 3.95. The summed E-state index contributed by atoms with van der Waals surface area (Å²) in [4.78, 5) is 11.6. The Bertz CT molecular complexity index is 569. The van der Waals surface area contributed by atoms with Crippen LogP contribution in [0.3, 0.4) is 0 Å². The molecule has 0 saturated heterocycles. The molecule has 2 nitrogen and oxygen atoms in total. The second kappa shape index (κ2) is 3.95. The van der Waals surface area contributed by atoms with Gasteiger partial charge in [-0.2, -0.15) is 0 Å². The Hall–Kier alpha value is -1.28. The van der Waals surface area contributed by atoms with E-state index in [1.54, 1.807) is 6.92 Å². The summed E-state index contributed by atoms with van der Waals surface area (Å²) in [6, 6.07) is 6.00. The van der Waals surface area contributed by atoms with Gasteiger partial charge in [-0.3, -0.25) is 4.79 Å². The summed E-state index contributed by atoms with van der Waals surface area (Å²) in [7, 11) is 1.90. The van der Waals surface area contributed by atoms with Gasteiger partial charge in [-0.1, -0.05) is 36.7 Å². The highest BCUT2D eigenvalue weighted by Gasteiger charge is 2.18. The molecule has 0 fully saturated rings. The van der Waals surface area contributed by atoms with Crippen molar-refractivity contribution >= 4 is 28.3 Å². The number of Topliss-reactive ketones (excluding diaryl/α,β-unsaturated/α-hetero) is 1. The van der Waals surface area contributed by atoms with Crippen molar-refractivity contribution in [2.75, 3.05) is 0 Å². The van der Waals surface area contributed by atoms with E-state index in [9.17, 15) is 4.79 Å². The van der Waals surface area contributed by atoms with Crippen molar-refractivity contribution in [2.24, 2.45) is 7.05 Å². The van der Waals surface area contributed by atoms with Crippen LogP contribution in [0.5, 0.6) is 0 Å². The first-order chi connectivity index (χ1) is 7.57.